The van der Waals surface area contributed by atoms with E-state index in [4.69, 9.17) is 14.9 Å². The fraction of sp³-hybridized carbons (Fsp3) is 0.190. The lowest BCUT2D eigenvalue weighted by molar-refractivity contribution is 0.158. The third-order valence-corrected chi connectivity index (χ3v) is 4.98. The maximum Gasteiger partial charge on any atom is 0.166 e. The minimum Gasteiger partial charge on any atom is -0.500 e. The van der Waals surface area contributed by atoms with Crippen molar-refractivity contribution in [3.05, 3.63) is 58.6 Å². The lowest BCUT2D eigenvalue weighted by Gasteiger charge is -2.19. The van der Waals surface area contributed by atoms with Crippen molar-refractivity contribution in [1.82, 2.24) is 19.9 Å². The van der Waals surface area contributed by atoms with Crippen LogP contribution in [0.5, 0.6) is 5.75 Å². The molecule has 4 heterocycles. The number of aromatic nitrogens is 4. The largest absolute Gasteiger partial charge is 0.500 e. The van der Waals surface area contributed by atoms with Crippen LogP contribution in [0.4, 0.5) is 11.6 Å². The van der Waals surface area contributed by atoms with Gasteiger partial charge in [-0.15, -0.1) is 0 Å². The number of hydrogen-bond donors (Lipinski definition) is 2. The summed E-state index contributed by atoms with van der Waals surface area (Å²) in [6, 6.07) is 5.63. The highest BCUT2D eigenvalue weighted by molar-refractivity contribution is 14.1. The van der Waals surface area contributed by atoms with Crippen LogP contribution in [0.3, 0.4) is 0 Å². The summed E-state index contributed by atoms with van der Waals surface area (Å²) in [7, 11) is 0. The molecule has 3 aromatic heterocycles. The van der Waals surface area contributed by atoms with Crippen molar-refractivity contribution in [1.29, 1.82) is 5.41 Å². The maximum atomic E-state index is 7.62. The summed E-state index contributed by atoms with van der Waals surface area (Å²) in [4.78, 5) is 17.5. The number of fused-ring (bicyclic) bond motifs is 4. The summed E-state index contributed by atoms with van der Waals surface area (Å²) in [6.07, 6.45) is 10.2. The Balaban J connectivity index is 1.76. The van der Waals surface area contributed by atoms with E-state index in [9.17, 15) is 0 Å². The molecule has 0 spiro atoms. The van der Waals surface area contributed by atoms with Gasteiger partial charge < -0.3 is 20.2 Å². The van der Waals surface area contributed by atoms with Crippen LogP contribution < -0.4 is 10.1 Å². The van der Waals surface area contributed by atoms with Crippen molar-refractivity contribution >= 4 is 46.0 Å². The molecule has 1 aliphatic rings. The lowest BCUT2D eigenvalue weighted by Crippen LogP contribution is -2.15. The van der Waals surface area contributed by atoms with Gasteiger partial charge in [0.15, 0.2) is 5.82 Å². The van der Waals surface area contributed by atoms with Crippen molar-refractivity contribution in [3.63, 3.8) is 0 Å². The summed E-state index contributed by atoms with van der Waals surface area (Å²) < 4.78 is 12.9. The molecular formula is C21H19IN6O2. The summed E-state index contributed by atoms with van der Waals surface area (Å²) in [5.74, 6) is 2.25. The van der Waals surface area contributed by atoms with E-state index < -0.39 is 0 Å². The van der Waals surface area contributed by atoms with Gasteiger partial charge >= 0.3 is 0 Å². The van der Waals surface area contributed by atoms with Crippen molar-refractivity contribution in [2.24, 2.45) is 0 Å². The first-order valence-corrected chi connectivity index (χ1v) is 10.4. The highest BCUT2D eigenvalue weighted by Crippen LogP contribution is 2.33. The molecule has 1 aliphatic heterocycles. The van der Waals surface area contributed by atoms with Gasteiger partial charge in [0.05, 0.1) is 24.5 Å². The Hall–Kier alpha value is -3.08. The van der Waals surface area contributed by atoms with Crippen molar-refractivity contribution in [3.8, 4) is 16.9 Å². The number of halogens is 1. The van der Waals surface area contributed by atoms with E-state index in [0.29, 0.717) is 41.8 Å². The lowest BCUT2D eigenvalue weighted by atomic mass is 10.1. The van der Waals surface area contributed by atoms with Crippen molar-refractivity contribution in [2.45, 2.75) is 19.4 Å². The molecule has 0 unspecified atom stereocenters. The van der Waals surface area contributed by atoms with E-state index in [1.54, 1.807) is 30.9 Å². The first-order chi connectivity index (χ1) is 14.6. The normalized spacial score (nSPS) is 16.2. The van der Waals surface area contributed by atoms with Crippen LogP contribution in [-0.2, 0) is 4.74 Å². The molecule has 9 heteroatoms. The zero-order chi connectivity index (χ0) is 20.9. The van der Waals surface area contributed by atoms with Gasteiger partial charge in [0, 0.05) is 58.2 Å². The van der Waals surface area contributed by atoms with E-state index in [0.717, 1.165) is 14.7 Å². The number of nitrogens with zero attached hydrogens (tertiary/aromatic N) is 4. The molecule has 0 radical (unpaired) electrons. The quantitative estimate of drug-likeness (QED) is 0.384. The van der Waals surface area contributed by atoms with E-state index in [1.807, 2.05) is 19.1 Å². The molecule has 3 aromatic rings. The predicted octanol–water partition coefficient (Wildman–Crippen LogP) is 4.46. The van der Waals surface area contributed by atoms with E-state index >= 15 is 0 Å². The van der Waals surface area contributed by atoms with Gasteiger partial charge in [0.2, 0.25) is 0 Å². The first kappa shape index (κ1) is 20.2. The number of rotatable bonds is 2. The Bertz CT molecular complexity index is 1100. The van der Waals surface area contributed by atoms with Crippen molar-refractivity contribution < 1.29 is 9.47 Å². The average Bonchev–Trinajstić information content (AvgIpc) is 2.74. The number of hydrogen-bond acceptors (Lipinski definition) is 8. The van der Waals surface area contributed by atoms with Crippen LogP contribution in [0, 0.1) is 8.98 Å². The Morgan fingerprint density at radius 1 is 1.20 bits per heavy atom. The van der Waals surface area contributed by atoms with E-state index in [-0.39, 0.29) is 6.10 Å². The minimum absolute atomic E-state index is 0.0939. The molecule has 1 atom stereocenters. The van der Waals surface area contributed by atoms with Gasteiger partial charge in [-0.05, 0) is 41.6 Å². The minimum atomic E-state index is -0.0939. The van der Waals surface area contributed by atoms with E-state index in [1.165, 1.54) is 12.5 Å². The first-order valence-electron chi connectivity index (χ1n) is 9.32. The molecule has 0 aliphatic carbocycles. The van der Waals surface area contributed by atoms with Gasteiger partial charge in [-0.2, -0.15) is 0 Å². The topological polar surface area (TPSA) is 106 Å². The number of nitrogens with one attached hydrogen (secondary N) is 2. The Kier molecular flexibility index (Phi) is 6.17. The van der Waals surface area contributed by atoms with Crippen LogP contribution in [0.25, 0.3) is 16.7 Å². The maximum absolute atomic E-state index is 7.62. The number of ether oxygens (including phenoxy) is 2. The number of pyridine rings is 2. The zero-order valence-corrected chi connectivity index (χ0v) is 18.3. The van der Waals surface area contributed by atoms with E-state index in [2.05, 4.69) is 47.8 Å². The standard InChI is InChI=1S/C21H19IN6O2/c1-13-3-5-29-12-15(8-23)21-25-4-2-19(28-21)27-20-7-18(30-13)17(11-26-20)14-6-16(22)10-24-9-14/h2,4,6-13,23H,3,5H2,1H3,(H,25,26,27,28)/t13-/m0/s1. The number of allylic oxidation sites excluding steroid dienone is 1. The predicted molar refractivity (Wildman–Crippen MR) is 123 cm³/mol. The molecule has 152 valence electrons. The molecule has 4 rings (SSSR count). The molecule has 30 heavy (non-hydrogen) atoms. The molecule has 0 amide bonds. The molecule has 2 N–H and O–H groups in total. The molecule has 0 fully saturated rings. The SMILES string of the molecule is C[C@H]1CCOC=C(C=N)c2nccc(n2)Nc2cc(c(-c3cncc(I)c3)cn2)O1. The number of anilines is 2. The van der Waals surface area contributed by atoms with Crippen LogP contribution in [0.15, 0.2) is 49.2 Å². The second kappa shape index (κ2) is 9.16. The highest BCUT2D eigenvalue weighted by atomic mass is 127. The van der Waals surface area contributed by atoms with Crippen LogP contribution in [0.1, 0.15) is 19.2 Å². The molecule has 0 saturated heterocycles. The third-order valence-electron chi connectivity index (χ3n) is 4.39. The fourth-order valence-electron chi connectivity index (χ4n) is 2.89. The summed E-state index contributed by atoms with van der Waals surface area (Å²) in [5, 5.41) is 10.8. The fourth-order valence-corrected chi connectivity index (χ4v) is 3.38. The van der Waals surface area contributed by atoms with Crippen molar-refractivity contribution in [2.75, 3.05) is 11.9 Å². The monoisotopic (exact) mass is 514 g/mol. The second-order valence-corrected chi connectivity index (χ2v) is 7.90. The van der Waals surface area contributed by atoms with Gasteiger partial charge in [-0.25, -0.2) is 15.0 Å². The van der Waals surface area contributed by atoms with Gasteiger partial charge in [0.1, 0.15) is 17.4 Å². The van der Waals surface area contributed by atoms with Crippen LogP contribution in [0.2, 0.25) is 0 Å². The van der Waals surface area contributed by atoms with Gasteiger partial charge in [-0.1, -0.05) is 0 Å². The summed E-state index contributed by atoms with van der Waals surface area (Å²) >= 11 is 2.24. The smallest absolute Gasteiger partial charge is 0.166 e. The second-order valence-electron chi connectivity index (χ2n) is 6.65. The van der Waals surface area contributed by atoms with Crippen LogP contribution in [-0.4, -0.2) is 38.9 Å². The molecular weight excluding hydrogens is 495 g/mol. The Labute approximate surface area is 187 Å². The molecule has 4 bridgehead atoms. The third kappa shape index (κ3) is 4.73. The van der Waals surface area contributed by atoms with Gasteiger partial charge in [0.25, 0.3) is 0 Å². The molecule has 0 saturated carbocycles. The van der Waals surface area contributed by atoms with Crippen LogP contribution >= 0.6 is 22.6 Å². The summed E-state index contributed by atoms with van der Waals surface area (Å²) in [5.41, 5.74) is 2.28. The zero-order valence-electron chi connectivity index (χ0n) is 16.2. The summed E-state index contributed by atoms with van der Waals surface area (Å²) in [6.45, 7) is 2.43. The highest BCUT2D eigenvalue weighted by Gasteiger charge is 2.15. The average molecular weight is 514 g/mol. The molecule has 0 aromatic carbocycles. The molecule has 8 nitrogen and oxygen atoms in total. The van der Waals surface area contributed by atoms with Gasteiger partial charge in [-0.3, -0.25) is 4.98 Å². The Morgan fingerprint density at radius 3 is 2.93 bits per heavy atom. The Morgan fingerprint density at radius 2 is 2.10 bits per heavy atom.